The van der Waals surface area contributed by atoms with E-state index in [9.17, 15) is 8.42 Å². The van der Waals surface area contributed by atoms with Crippen LogP contribution in [0.15, 0.2) is 35.4 Å². The third-order valence-electron chi connectivity index (χ3n) is 3.10. The maximum atomic E-state index is 11.5. The summed E-state index contributed by atoms with van der Waals surface area (Å²) in [4.78, 5) is 0.320. The van der Waals surface area contributed by atoms with E-state index in [2.05, 4.69) is 36.3 Å². The van der Waals surface area contributed by atoms with Crippen molar-refractivity contribution < 1.29 is 8.42 Å². The summed E-state index contributed by atoms with van der Waals surface area (Å²) < 4.78 is 23.0. The number of nitrogens with one attached hydrogen (secondary N) is 2. The largest absolute Gasteiger partial charge is 0.308 e. The average molecular weight is 307 g/mol. The van der Waals surface area contributed by atoms with Gasteiger partial charge < -0.3 is 5.32 Å². The molecule has 114 valence electrons. The molecule has 2 aromatic rings. The molecule has 0 spiro atoms. The van der Waals surface area contributed by atoms with Crippen molar-refractivity contribution in [2.75, 3.05) is 6.26 Å². The van der Waals surface area contributed by atoms with Crippen molar-refractivity contribution in [1.82, 2.24) is 15.5 Å². The van der Waals surface area contributed by atoms with E-state index in [0.717, 1.165) is 16.8 Å². The second kappa shape index (κ2) is 5.61. The van der Waals surface area contributed by atoms with Gasteiger partial charge in [-0.25, -0.2) is 8.42 Å². The topological polar surface area (TPSA) is 74.8 Å². The van der Waals surface area contributed by atoms with Gasteiger partial charge in [0.05, 0.1) is 16.8 Å². The highest BCUT2D eigenvalue weighted by Crippen LogP contribution is 2.23. The fourth-order valence-corrected chi connectivity index (χ4v) is 2.55. The maximum absolute atomic E-state index is 11.5. The molecule has 0 radical (unpaired) electrons. The molecule has 1 aromatic heterocycles. The fraction of sp³-hybridized carbons (Fsp3) is 0.400. The van der Waals surface area contributed by atoms with Crippen LogP contribution in [-0.4, -0.2) is 30.4 Å². The zero-order valence-corrected chi connectivity index (χ0v) is 13.6. The first kappa shape index (κ1) is 15.7. The van der Waals surface area contributed by atoms with Crippen molar-refractivity contribution in [3.63, 3.8) is 0 Å². The van der Waals surface area contributed by atoms with Crippen LogP contribution in [0.5, 0.6) is 0 Å². The number of hydrogen-bond donors (Lipinski definition) is 2. The first-order valence-electron chi connectivity index (χ1n) is 6.74. The maximum Gasteiger partial charge on any atom is 0.175 e. The number of hydrogen-bond acceptors (Lipinski definition) is 4. The van der Waals surface area contributed by atoms with Crippen molar-refractivity contribution >= 4 is 9.84 Å². The second-order valence-corrected chi connectivity index (χ2v) is 8.19. The molecule has 0 amide bonds. The van der Waals surface area contributed by atoms with E-state index in [4.69, 9.17) is 0 Å². The first-order chi connectivity index (χ1) is 9.67. The molecule has 0 aliphatic carbocycles. The summed E-state index contributed by atoms with van der Waals surface area (Å²) in [6.45, 7) is 7.01. The predicted octanol–water partition coefficient (Wildman–Crippen LogP) is 2.37. The zero-order valence-electron chi connectivity index (χ0n) is 12.8. The Morgan fingerprint density at radius 1 is 1.19 bits per heavy atom. The van der Waals surface area contributed by atoms with E-state index in [1.165, 1.54) is 6.26 Å². The molecule has 0 saturated carbocycles. The van der Waals surface area contributed by atoms with E-state index in [0.29, 0.717) is 11.4 Å². The van der Waals surface area contributed by atoms with E-state index < -0.39 is 9.84 Å². The molecule has 0 atom stereocenters. The van der Waals surface area contributed by atoms with Gasteiger partial charge in [-0.05, 0) is 38.5 Å². The molecule has 0 unspecified atom stereocenters. The van der Waals surface area contributed by atoms with Gasteiger partial charge in [-0.2, -0.15) is 5.10 Å². The second-order valence-electron chi connectivity index (χ2n) is 6.17. The predicted molar refractivity (Wildman–Crippen MR) is 83.7 cm³/mol. The molecule has 5 nitrogen and oxygen atoms in total. The molecule has 0 bridgehead atoms. The summed E-state index contributed by atoms with van der Waals surface area (Å²) >= 11 is 0. The number of rotatable bonds is 4. The quantitative estimate of drug-likeness (QED) is 0.909. The summed E-state index contributed by atoms with van der Waals surface area (Å²) in [5, 5.41) is 10.5. The standard InChI is InChI=1S/C15H21N3O2S/c1-15(2,3)16-9-12-10-17-18-14(12)11-5-7-13(8-6-11)21(4,19)20/h5-8,10,16H,9H2,1-4H3,(H,17,18). The van der Waals surface area contributed by atoms with Crippen LogP contribution >= 0.6 is 0 Å². The Kier molecular flexibility index (Phi) is 4.20. The third kappa shape index (κ3) is 4.15. The monoisotopic (exact) mass is 307 g/mol. The van der Waals surface area contributed by atoms with Crippen LogP contribution < -0.4 is 5.32 Å². The van der Waals surface area contributed by atoms with Crippen molar-refractivity contribution in [3.05, 3.63) is 36.0 Å². The minimum Gasteiger partial charge on any atom is -0.308 e. The number of aromatic nitrogens is 2. The number of benzene rings is 1. The molecular weight excluding hydrogens is 286 g/mol. The van der Waals surface area contributed by atoms with Crippen LogP contribution in [0, 0.1) is 0 Å². The molecule has 2 rings (SSSR count). The Hall–Kier alpha value is -1.66. The molecule has 1 aromatic carbocycles. The Morgan fingerprint density at radius 2 is 1.81 bits per heavy atom. The van der Waals surface area contributed by atoms with Gasteiger partial charge in [0.25, 0.3) is 0 Å². The Labute approximate surface area is 125 Å². The summed E-state index contributed by atoms with van der Waals surface area (Å²) in [5.74, 6) is 0. The lowest BCUT2D eigenvalue weighted by molar-refractivity contribution is 0.424. The van der Waals surface area contributed by atoms with E-state index in [1.54, 1.807) is 30.5 Å². The van der Waals surface area contributed by atoms with Crippen LogP contribution in [-0.2, 0) is 16.4 Å². The lowest BCUT2D eigenvalue weighted by Crippen LogP contribution is -2.35. The normalized spacial score (nSPS) is 12.6. The Bertz CT molecular complexity index is 710. The minimum atomic E-state index is -3.17. The van der Waals surface area contributed by atoms with E-state index >= 15 is 0 Å². The van der Waals surface area contributed by atoms with E-state index in [1.807, 2.05) is 0 Å². The summed E-state index contributed by atoms with van der Waals surface area (Å²) in [6.07, 6.45) is 3.00. The SMILES string of the molecule is CC(C)(C)NCc1cn[nH]c1-c1ccc(S(C)(=O)=O)cc1. The average Bonchev–Trinajstić information content (AvgIpc) is 2.83. The van der Waals surface area contributed by atoms with Crippen LogP contribution in [0.25, 0.3) is 11.3 Å². The highest BCUT2D eigenvalue weighted by Gasteiger charge is 2.13. The van der Waals surface area contributed by atoms with Gasteiger partial charge in [0, 0.05) is 23.9 Å². The number of sulfone groups is 1. The van der Waals surface area contributed by atoms with Gasteiger partial charge in [-0.3, -0.25) is 5.10 Å². The van der Waals surface area contributed by atoms with Crippen LogP contribution in [0.1, 0.15) is 26.3 Å². The molecule has 21 heavy (non-hydrogen) atoms. The van der Waals surface area contributed by atoms with Crippen molar-refractivity contribution in [3.8, 4) is 11.3 Å². The van der Waals surface area contributed by atoms with Gasteiger partial charge in [-0.15, -0.1) is 0 Å². The Morgan fingerprint density at radius 3 is 2.33 bits per heavy atom. The van der Waals surface area contributed by atoms with Gasteiger partial charge >= 0.3 is 0 Å². The summed E-state index contributed by atoms with van der Waals surface area (Å²) in [7, 11) is -3.17. The van der Waals surface area contributed by atoms with Crippen LogP contribution in [0.3, 0.4) is 0 Å². The van der Waals surface area contributed by atoms with Crippen LogP contribution in [0.2, 0.25) is 0 Å². The summed E-state index contributed by atoms with van der Waals surface area (Å²) in [6, 6.07) is 6.83. The summed E-state index contributed by atoms with van der Waals surface area (Å²) in [5.41, 5.74) is 2.91. The molecule has 1 heterocycles. The molecule has 6 heteroatoms. The molecule has 0 aliphatic rings. The molecule has 0 aliphatic heterocycles. The van der Waals surface area contributed by atoms with Gasteiger partial charge in [0.1, 0.15) is 0 Å². The lowest BCUT2D eigenvalue weighted by Gasteiger charge is -2.20. The number of aromatic amines is 1. The highest BCUT2D eigenvalue weighted by molar-refractivity contribution is 7.90. The Balaban J connectivity index is 2.25. The van der Waals surface area contributed by atoms with Crippen molar-refractivity contribution in [2.24, 2.45) is 0 Å². The molecular formula is C15H21N3O2S. The lowest BCUT2D eigenvalue weighted by atomic mass is 10.1. The number of nitrogens with zero attached hydrogens (tertiary/aromatic N) is 1. The van der Waals surface area contributed by atoms with E-state index in [-0.39, 0.29) is 5.54 Å². The van der Waals surface area contributed by atoms with Crippen molar-refractivity contribution in [1.29, 1.82) is 0 Å². The third-order valence-corrected chi connectivity index (χ3v) is 4.23. The van der Waals surface area contributed by atoms with Crippen molar-refractivity contribution in [2.45, 2.75) is 37.8 Å². The molecule has 0 saturated heterocycles. The molecule has 0 fully saturated rings. The first-order valence-corrected chi connectivity index (χ1v) is 8.64. The minimum absolute atomic E-state index is 0.0225. The van der Waals surface area contributed by atoms with Gasteiger partial charge in [0.15, 0.2) is 9.84 Å². The zero-order chi connectivity index (χ0) is 15.7. The van der Waals surface area contributed by atoms with Gasteiger partial charge in [-0.1, -0.05) is 12.1 Å². The van der Waals surface area contributed by atoms with Gasteiger partial charge in [0.2, 0.25) is 0 Å². The highest BCUT2D eigenvalue weighted by atomic mass is 32.2. The fourth-order valence-electron chi connectivity index (χ4n) is 1.92. The number of H-pyrrole nitrogens is 1. The van der Waals surface area contributed by atoms with Crippen LogP contribution in [0.4, 0.5) is 0 Å². The smallest absolute Gasteiger partial charge is 0.175 e. The molecule has 2 N–H and O–H groups in total.